The van der Waals surface area contributed by atoms with E-state index in [-0.39, 0.29) is 0 Å². The van der Waals surface area contributed by atoms with Crippen LogP contribution in [0.25, 0.3) is 0 Å². The fourth-order valence-electron chi connectivity index (χ4n) is 2.56. The molecule has 0 aliphatic heterocycles. The van der Waals surface area contributed by atoms with Gasteiger partial charge < -0.3 is 5.32 Å². The topological polar surface area (TPSA) is 12.0 Å². The molecule has 1 rings (SSSR count). The van der Waals surface area contributed by atoms with Crippen LogP contribution in [-0.2, 0) is 0 Å². The largest absolute Gasteiger partial charge is 0.309 e. The van der Waals surface area contributed by atoms with Crippen LogP contribution >= 0.6 is 11.3 Å². The van der Waals surface area contributed by atoms with Crippen molar-refractivity contribution in [1.82, 2.24) is 5.32 Å². The maximum Gasteiger partial charge on any atom is 0.0443 e. The molecule has 1 heterocycles. The summed E-state index contributed by atoms with van der Waals surface area (Å²) in [5.74, 6) is 0.794. The lowest BCUT2D eigenvalue weighted by Crippen LogP contribution is -2.27. The Hall–Kier alpha value is -0.340. The van der Waals surface area contributed by atoms with Gasteiger partial charge in [-0.15, -0.1) is 11.3 Å². The van der Waals surface area contributed by atoms with E-state index in [0.717, 1.165) is 12.5 Å². The molecule has 0 aliphatic rings. The highest BCUT2D eigenvalue weighted by molar-refractivity contribution is 7.12. The fourth-order valence-corrected chi connectivity index (χ4v) is 3.61. The van der Waals surface area contributed by atoms with Crippen LogP contribution in [0.5, 0.6) is 0 Å². The first kappa shape index (κ1) is 14.7. The quantitative estimate of drug-likeness (QED) is 0.693. The summed E-state index contributed by atoms with van der Waals surface area (Å²) in [6.45, 7) is 10.1. The van der Waals surface area contributed by atoms with Gasteiger partial charge in [0.2, 0.25) is 0 Å². The zero-order valence-electron chi connectivity index (χ0n) is 11.8. The van der Waals surface area contributed by atoms with Gasteiger partial charge in [-0.25, -0.2) is 0 Å². The molecule has 1 N–H and O–H groups in total. The SMILES string of the molecule is CCCC(CCC)C(NCC)c1ccc(C)s1. The zero-order chi connectivity index (χ0) is 12.7. The van der Waals surface area contributed by atoms with E-state index in [1.807, 2.05) is 11.3 Å². The van der Waals surface area contributed by atoms with Crippen molar-refractivity contribution in [2.24, 2.45) is 5.92 Å². The van der Waals surface area contributed by atoms with Crippen molar-refractivity contribution in [3.8, 4) is 0 Å². The molecular formula is C15H27NS. The zero-order valence-corrected chi connectivity index (χ0v) is 12.6. The van der Waals surface area contributed by atoms with Crippen molar-refractivity contribution in [2.45, 2.75) is 59.4 Å². The first-order chi connectivity index (χ1) is 8.22. The van der Waals surface area contributed by atoms with E-state index in [1.54, 1.807) is 0 Å². The maximum absolute atomic E-state index is 3.69. The van der Waals surface area contributed by atoms with Crippen molar-refractivity contribution in [3.05, 3.63) is 21.9 Å². The molecule has 2 heteroatoms. The molecule has 1 unspecified atom stereocenters. The first-order valence-corrected chi connectivity index (χ1v) is 7.84. The second-order valence-electron chi connectivity index (χ2n) is 4.82. The van der Waals surface area contributed by atoms with Gasteiger partial charge >= 0.3 is 0 Å². The molecule has 1 atom stereocenters. The molecule has 0 aromatic carbocycles. The van der Waals surface area contributed by atoms with Crippen molar-refractivity contribution in [3.63, 3.8) is 0 Å². The predicted molar refractivity (Wildman–Crippen MR) is 78.8 cm³/mol. The average Bonchev–Trinajstić information content (AvgIpc) is 2.72. The summed E-state index contributed by atoms with van der Waals surface area (Å²) in [7, 11) is 0. The Kier molecular flexibility index (Phi) is 6.83. The Morgan fingerprint density at radius 3 is 2.18 bits per heavy atom. The number of rotatable bonds is 8. The molecule has 98 valence electrons. The monoisotopic (exact) mass is 253 g/mol. The third-order valence-electron chi connectivity index (χ3n) is 3.28. The van der Waals surface area contributed by atoms with Gasteiger partial charge in [-0.3, -0.25) is 0 Å². The highest BCUT2D eigenvalue weighted by atomic mass is 32.1. The Balaban J connectivity index is 2.80. The van der Waals surface area contributed by atoms with Gasteiger partial charge in [0.15, 0.2) is 0 Å². The van der Waals surface area contributed by atoms with E-state index in [9.17, 15) is 0 Å². The number of nitrogens with one attached hydrogen (secondary N) is 1. The van der Waals surface area contributed by atoms with Crippen LogP contribution in [-0.4, -0.2) is 6.54 Å². The Bertz CT molecular complexity index is 300. The van der Waals surface area contributed by atoms with Crippen molar-refractivity contribution < 1.29 is 0 Å². The summed E-state index contributed by atoms with van der Waals surface area (Å²) in [5.41, 5.74) is 0. The summed E-state index contributed by atoms with van der Waals surface area (Å²) < 4.78 is 0. The lowest BCUT2D eigenvalue weighted by Gasteiger charge is -2.26. The van der Waals surface area contributed by atoms with Crippen LogP contribution in [0.1, 0.15) is 62.3 Å². The van der Waals surface area contributed by atoms with Gasteiger partial charge in [0, 0.05) is 15.8 Å². The molecular weight excluding hydrogens is 226 g/mol. The molecule has 0 fully saturated rings. The van der Waals surface area contributed by atoms with Crippen molar-refractivity contribution >= 4 is 11.3 Å². The Labute approximate surface area is 111 Å². The lowest BCUT2D eigenvalue weighted by molar-refractivity contribution is 0.324. The van der Waals surface area contributed by atoms with Gasteiger partial charge in [0.25, 0.3) is 0 Å². The number of hydrogen-bond donors (Lipinski definition) is 1. The van der Waals surface area contributed by atoms with Crippen molar-refractivity contribution in [1.29, 1.82) is 0 Å². The molecule has 1 aromatic heterocycles. The van der Waals surface area contributed by atoms with Crippen LogP contribution in [0.2, 0.25) is 0 Å². The van der Waals surface area contributed by atoms with Crippen LogP contribution in [0, 0.1) is 12.8 Å². The molecule has 0 amide bonds. The molecule has 0 saturated heterocycles. The molecule has 0 bridgehead atoms. The van der Waals surface area contributed by atoms with Gasteiger partial charge in [0.1, 0.15) is 0 Å². The van der Waals surface area contributed by atoms with Crippen molar-refractivity contribution in [2.75, 3.05) is 6.54 Å². The van der Waals surface area contributed by atoms with Gasteiger partial charge in [-0.2, -0.15) is 0 Å². The van der Waals surface area contributed by atoms with Crippen LogP contribution in [0.3, 0.4) is 0 Å². The van der Waals surface area contributed by atoms with Gasteiger partial charge in [-0.05, 0) is 44.4 Å². The highest BCUT2D eigenvalue weighted by Gasteiger charge is 2.22. The van der Waals surface area contributed by atoms with E-state index in [1.165, 1.54) is 35.4 Å². The second kappa shape index (κ2) is 7.88. The summed E-state index contributed by atoms with van der Waals surface area (Å²) >= 11 is 1.95. The standard InChI is InChI=1S/C15H27NS/c1-5-8-13(9-6-2)15(16-7-3)14-11-10-12(4)17-14/h10-11,13,15-16H,5-9H2,1-4H3. The number of aryl methyl sites for hydroxylation is 1. The predicted octanol–water partition coefficient (Wildman–Crippen LogP) is 4.92. The number of hydrogen-bond acceptors (Lipinski definition) is 2. The van der Waals surface area contributed by atoms with E-state index in [2.05, 4.69) is 45.1 Å². The molecule has 0 saturated carbocycles. The van der Waals surface area contributed by atoms with Crippen LogP contribution < -0.4 is 5.32 Å². The molecule has 0 spiro atoms. The smallest absolute Gasteiger partial charge is 0.0443 e. The van der Waals surface area contributed by atoms with E-state index in [4.69, 9.17) is 0 Å². The average molecular weight is 253 g/mol. The van der Waals surface area contributed by atoms with Gasteiger partial charge in [-0.1, -0.05) is 33.6 Å². The third-order valence-corrected chi connectivity index (χ3v) is 4.37. The lowest BCUT2D eigenvalue weighted by atomic mass is 9.89. The van der Waals surface area contributed by atoms with E-state index >= 15 is 0 Å². The molecule has 0 aliphatic carbocycles. The molecule has 1 aromatic rings. The third kappa shape index (κ3) is 4.44. The van der Waals surface area contributed by atoms with E-state index in [0.29, 0.717) is 6.04 Å². The normalized spacial score (nSPS) is 13.2. The number of thiophene rings is 1. The second-order valence-corrected chi connectivity index (χ2v) is 6.14. The Morgan fingerprint density at radius 1 is 1.12 bits per heavy atom. The summed E-state index contributed by atoms with van der Waals surface area (Å²) in [5, 5.41) is 3.69. The highest BCUT2D eigenvalue weighted by Crippen LogP contribution is 2.33. The molecule has 0 radical (unpaired) electrons. The minimum absolute atomic E-state index is 0.568. The fraction of sp³-hybridized carbons (Fsp3) is 0.733. The van der Waals surface area contributed by atoms with Crippen LogP contribution in [0.15, 0.2) is 12.1 Å². The Morgan fingerprint density at radius 2 is 1.76 bits per heavy atom. The van der Waals surface area contributed by atoms with Crippen LogP contribution in [0.4, 0.5) is 0 Å². The first-order valence-electron chi connectivity index (χ1n) is 7.02. The molecule has 17 heavy (non-hydrogen) atoms. The summed E-state index contributed by atoms with van der Waals surface area (Å²) in [6.07, 6.45) is 5.25. The van der Waals surface area contributed by atoms with Gasteiger partial charge in [0.05, 0.1) is 0 Å². The summed E-state index contributed by atoms with van der Waals surface area (Å²) in [4.78, 5) is 2.95. The minimum Gasteiger partial charge on any atom is -0.309 e. The van der Waals surface area contributed by atoms with E-state index < -0.39 is 0 Å². The maximum atomic E-state index is 3.69. The summed E-state index contributed by atoms with van der Waals surface area (Å²) in [6, 6.07) is 5.13. The molecule has 1 nitrogen and oxygen atoms in total. The minimum atomic E-state index is 0.568.